The summed E-state index contributed by atoms with van der Waals surface area (Å²) in [5.41, 5.74) is 1.81. The summed E-state index contributed by atoms with van der Waals surface area (Å²) >= 11 is 0. The minimum atomic E-state index is -0.265. The Kier molecular flexibility index (Phi) is 5.41. The van der Waals surface area contributed by atoms with Crippen molar-refractivity contribution in [3.05, 3.63) is 42.2 Å². The third-order valence-corrected chi connectivity index (χ3v) is 3.20. The van der Waals surface area contributed by atoms with Gasteiger partial charge in [-0.3, -0.25) is 4.68 Å². The Balaban J connectivity index is 1.81. The van der Waals surface area contributed by atoms with Crippen LogP contribution >= 0.6 is 0 Å². The molecule has 0 bridgehead atoms. The summed E-state index contributed by atoms with van der Waals surface area (Å²) in [6.07, 6.45) is 4.07. The number of urea groups is 1. The molecule has 1 aromatic carbocycles. The maximum absolute atomic E-state index is 11.8. The number of aromatic nitrogens is 2. The topological polar surface area (TPSA) is 68.2 Å². The molecule has 1 aromatic heterocycles. The number of nitrogens with zero attached hydrogens (tertiary/aromatic N) is 2. The molecule has 2 aromatic rings. The summed E-state index contributed by atoms with van der Waals surface area (Å²) in [6, 6.07) is 7.62. The van der Waals surface area contributed by atoms with Crippen molar-refractivity contribution in [3.63, 3.8) is 0 Å². The Bertz CT molecular complexity index is 624. The van der Waals surface area contributed by atoms with Crippen LogP contribution in [0.25, 0.3) is 0 Å². The number of ether oxygens (including phenoxy) is 1. The zero-order valence-electron chi connectivity index (χ0n) is 13.2. The van der Waals surface area contributed by atoms with E-state index in [1.807, 2.05) is 38.1 Å². The number of carbonyl (C=O) groups excluding carboxylic acids is 1. The van der Waals surface area contributed by atoms with E-state index in [-0.39, 0.29) is 12.1 Å². The summed E-state index contributed by atoms with van der Waals surface area (Å²) in [7, 11) is 1.80. The van der Waals surface area contributed by atoms with Crippen LogP contribution in [0.4, 0.5) is 10.5 Å². The summed E-state index contributed by atoms with van der Waals surface area (Å²) < 4.78 is 7.52. The highest BCUT2D eigenvalue weighted by molar-refractivity contribution is 5.88. The van der Waals surface area contributed by atoms with Crippen LogP contribution in [-0.2, 0) is 7.05 Å². The van der Waals surface area contributed by atoms with Crippen molar-refractivity contribution < 1.29 is 9.53 Å². The van der Waals surface area contributed by atoms with Crippen molar-refractivity contribution in [1.82, 2.24) is 15.1 Å². The van der Waals surface area contributed by atoms with Crippen LogP contribution in [0.1, 0.15) is 18.9 Å². The second kappa shape index (κ2) is 7.49. The zero-order valence-corrected chi connectivity index (χ0v) is 13.2. The highest BCUT2D eigenvalue weighted by Crippen LogP contribution is 2.15. The zero-order chi connectivity index (χ0) is 15.9. The molecule has 0 aliphatic rings. The molecule has 0 saturated heterocycles. The molecule has 0 saturated carbocycles. The molecule has 6 heteroatoms. The maximum Gasteiger partial charge on any atom is 0.319 e. The van der Waals surface area contributed by atoms with Crippen molar-refractivity contribution in [2.75, 3.05) is 11.9 Å². The molecule has 0 spiro atoms. The van der Waals surface area contributed by atoms with E-state index in [1.54, 1.807) is 24.1 Å². The lowest BCUT2D eigenvalue weighted by atomic mass is 10.2. The van der Waals surface area contributed by atoms with Crippen LogP contribution < -0.4 is 15.4 Å². The minimum Gasteiger partial charge on any atom is -0.489 e. The smallest absolute Gasteiger partial charge is 0.319 e. The average Bonchev–Trinajstić information content (AvgIpc) is 2.88. The van der Waals surface area contributed by atoms with Crippen LogP contribution in [0.5, 0.6) is 5.75 Å². The van der Waals surface area contributed by atoms with Gasteiger partial charge in [0.05, 0.1) is 18.4 Å². The van der Waals surface area contributed by atoms with E-state index in [1.165, 1.54) is 0 Å². The third kappa shape index (κ3) is 4.80. The van der Waals surface area contributed by atoms with Crippen molar-refractivity contribution in [2.45, 2.75) is 26.4 Å². The van der Waals surface area contributed by atoms with E-state index in [0.29, 0.717) is 12.2 Å². The minimum absolute atomic E-state index is 0.0681. The van der Waals surface area contributed by atoms with Gasteiger partial charge in [-0.25, -0.2) is 4.79 Å². The van der Waals surface area contributed by atoms with E-state index in [9.17, 15) is 4.79 Å². The fourth-order valence-electron chi connectivity index (χ4n) is 2.02. The molecular weight excluding hydrogens is 280 g/mol. The van der Waals surface area contributed by atoms with Crippen LogP contribution in [-0.4, -0.2) is 28.5 Å². The molecule has 1 heterocycles. The van der Waals surface area contributed by atoms with E-state index in [0.717, 1.165) is 17.7 Å². The van der Waals surface area contributed by atoms with Gasteiger partial charge in [0.1, 0.15) is 11.9 Å². The molecule has 2 rings (SSSR count). The van der Waals surface area contributed by atoms with Gasteiger partial charge in [0.15, 0.2) is 0 Å². The largest absolute Gasteiger partial charge is 0.489 e. The van der Waals surface area contributed by atoms with Crippen LogP contribution in [0.2, 0.25) is 0 Å². The SMILES string of the molecule is CC[C@H](CNC(=O)Nc1cnn(C)c1)Oc1cccc(C)c1. The molecule has 2 N–H and O–H groups in total. The molecule has 1 atom stereocenters. The summed E-state index contributed by atoms with van der Waals surface area (Å²) in [6.45, 7) is 4.49. The third-order valence-electron chi connectivity index (χ3n) is 3.20. The van der Waals surface area contributed by atoms with Gasteiger partial charge in [-0.2, -0.15) is 5.10 Å². The predicted molar refractivity (Wildman–Crippen MR) is 86.1 cm³/mol. The summed E-state index contributed by atoms with van der Waals surface area (Å²) in [5.74, 6) is 0.821. The van der Waals surface area contributed by atoms with Gasteiger partial charge in [0.25, 0.3) is 0 Å². The molecule has 0 fully saturated rings. The molecule has 0 aliphatic carbocycles. The molecule has 22 heavy (non-hydrogen) atoms. The predicted octanol–water partition coefficient (Wildman–Crippen LogP) is 2.71. The Morgan fingerprint density at radius 3 is 2.91 bits per heavy atom. The number of hydrogen-bond donors (Lipinski definition) is 2. The first-order valence-electron chi connectivity index (χ1n) is 7.33. The maximum atomic E-state index is 11.8. The van der Waals surface area contributed by atoms with E-state index < -0.39 is 0 Å². The fraction of sp³-hybridized carbons (Fsp3) is 0.375. The van der Waals surface area contributed by atoms with Gasteiger partial charge in [-0.05, 0) is 31.0 Å². The van der Waals surface area contributed by atoms with Gasteiger partial charge < -0.3 is 15.4 Å². The number of benzene rings is 1. The number of rotatable bonds is 6. The molecule has 0 radical (unpaired) electrons. The van der Waals surface area contributed by atoms with Crippen molar-refractivity contribution in [2.24, 2.45) is 7.05 Å². The van der Waals surface area contributed by atoms with E-state index >= 15 is 0 Å². The first kappa shape index (κ1) is 15.9. The first-order valence-corrected chi connectivity index (χ1v) is 7.33. The van der Waals surface area contributed by atoms with E-state index in [2.05, 4.69) is 15.7 Å². The highest BCUT2D eigenvalue weighted by Gasteiger charge is 2.11. The molecule has 0 aliphatic heterocycles. The number of aryl methyl sites for hydroxylation is 2. The Morgan fingerprint density at radius 1 is 1.45 bits per heavy atom. The second-order valence-corrected chi connectivity index (χ2v) is 5.20. The normalized spacial score (nSPS) is 11.8. The average molecular weight is 302 g/mol. The summed E-state index contributed by atoms with van der Waals surface area (Å²) in [5, 5.41) is 9.54. The number of anilines is 1. The Hall–Kier alpha value is -2.50. The van der Waals surface area contributed by atoms with Crippen LogP contribution in [0.15, 0.2) is 36.7 Å². The molecule has 6 nitrogen and oxygen atoms in total. The van der Waals surface area contributed by atoms with Gasteiger partial charge in [-0.1, -0.05) is 19.1 Å². The quantitative estimate of drug-likeness (QED) is 0.862. The summed E-state index contributed by atoms with van der Waals surface area (Å²) in [4.78, 5) is 11.8. The van der Waals surface area contributed by atoms with Gasteiger partial charge >= 0.3 is 6.03 Å². The van der Waals surface area contributed by atoms with Gasteiger partial charge in [0, 0.05) is 13.2 Å². The molecular formula is C16H22N4O2. The first-order chi connectivity index (χ1) is 10.6. The lowest BCUT2D eigenvalue weighted by Crippen LogP contribution is -2.37. The monoisotopic (exact) mass is 302 g/mol. The van der Waals surface area contributed by atoms with Gasteiger partial charge in [0.2, 0.25) is 0 Å². The van der Waals surface area contributed by atoms with Gasteiger partial charge in [-0.15, -0.1) is 0 Å². The number of amides is 2. The number of hydrogen-bond acceptors (Lipinski definition) is 3. The van der Waals surface area contributed by atoms with Crippen molar-refractivity contribution in [3.8, 4) is 5.75 Å². The fourth-order valence-corrected chi connectivity index (χ4v) is 2.02. The Morgan fingerprint density at radius 2 is 2.27 bits per heavy atom. The molecule has 2 amide bonds. The lowest BCUT2D eigenvalue weighted by Gasteiger charge is -2.18. The standard InChI is InChI=1S/C16H22N4O2/c1-4-14(22-15-7-5-6-12(2)8-15)10-17-16(21)19-13-9-18-20(3)11-13/h5-9,11,14H,4,10H2,1-3H3,(H2,17,19,21)/t14-/m1/s1. The highest BCUT2D eigenvalue weighted by atomic mass is 16.5. The molecule has 0 unspecified atom stereocenters. The lowest BCUT2D eigenvalue weighted by molar-refractivity contribution is 0.192. The number of carbonyl (C=O) groups is 1. The van der Waals surface area contributed by atoms with Crippen LogP contribution in [0.3, 0.4) is 0 Å². The second-order valence-electron chi connectivity index (χ2n) is 5.20. The van der Waals surface area contributed by atoms with E-state index in [4.69, 9.17) is 4.74 Å². The Labute approximate surface area is 130 Å². The molecule has 118 valence electrons. The number of nitrogens with one attached hydrogen (secondary N) is 2. The van der Waals surface area contributed by atoms with Crippen molar-refractivity contribution in [1.29, 1.82) is 0 Å². The van der Waals surface area contributed by atoms with Crippen molar-refractivity contribution >= 4 is 11.7 Å². The van der Waals surface area contributed by atoms with Crippen LogP contribution in [0, 0.1) is 6.92 Å².